The zero-order valence-corrected chi connectivity index (χ0v) is 6.65. The number of nitrogens with two attached hydrogens (primary N) is 1. The Balaban J connectivity index is 2.54. The lowest BCUT2D eigenvalue weighted by Gasteiger charge is -1.96. The summed E-state index contributed by atoms with van der Waals surface area (Å²) in [6.07, 6.45) is 3.41. The van der Waals surface area contributed by atoms with Gasteiger partial charge in [-0.25, -0.2) is 4.68 Å². The minimum atomic E-state index is 0.619. The lowest BCUT2D eigenvalue weighted by Crippen LogP contribution is -1.99. The van der Waals surface area contributed by atoms with Crippen LogP contribution in [0.5, 0.6) is 0 Å². The summed E-state index contributed by atoms with van der Waals surface area (Å²) < 4.78 is 1.64. The highest BCUT2D eigenvalue weighted by atomic mass is 15.3. The van der Waals surface area contributed by atoms with E-state index in [0.717, 1.165) is 11.4 Å². The van der Waals surface area contributed by atoms with E-state index in [9.17, 15) is 0 Å². The summed E-state index contributed by atoms with van der Waals surface area (Å²) in [5.41, 5.74) is 7.44. The molecule has 0 spiro atoms. The van der Waals surface area contributed by atoms with Gasteiger partial charge >= 0.3 is 0 Å². The van der Waals surface area contributed by atoms with Crippen LogP contribution in [0.15, 0.2) is 18.5 Å². The predicted molar refractivity (Wildman–Crippen MR) is 44.9 cm³/mol. The fraction of sp³-hybridized carbons (Fsp3) is 0.143. The van der Waals surface area contributed by atoms with Crippen LogP contribution in [0.2, 0.25) is 0 Å². The van der Waals surface area contributed by atoms with Crippen molar-refractivity contribution in [3.8, 4) is 5.69 Å². The highest BCUT2D eigenvalue weighted by Gasteiger charge is 2.03. The van der Waals surface area contributed by atoms with Gasteiger partial charge in [0.2, 0.25) is 0 Å². The molecule has 62 valence electrons. The van der Waals surface area contributed by atoms with Crippen molar-refractivity contribution in [2.45, 2.75) is 6.92 Å². The van der Waals surface area contributed by atoms with E-state index in [1.54, 1.807) is 17.1 Å². The fourth-order valence-electron chi connectivity index (χ4n) is 1.09. The molecule has 2 aromatic rings. The molecule has 0 aliphatic heterocycles. The lowest BCUT2D eigenvalue weighted by atomic mass is 10.5. The summed E-state index contributed by atoms with van der Waals surface area (Å²) in [5.74, 6) is 0.619. The average Bonchev–Trinajstić information content (AvgIpc) is 2.58. The largest absolute Gasteiger partial charge is 0.384 e. The molecule has 12 heavy (non-hydrogen) atoms. The van der Waals surface area contributed by atoms with E-state index in [0.29, 0.717) is 5.82 Å². The minimum Gasteiger partial charge on any atom is -0.384 e. The smallest absolute Gasteiger partial charge is 0.127 e. The molecule has 0 aliphatic rings. The second-order valence-electron chi connectivity index (χ2n) is 2.58. The van der Waals surface area contributed by atoms with Crippen LogP contribution in [0.4, 0.5) is 5.82 Å². The second kappa shape index (κ2) is 2.37. The van der Waals surface area contributed by atoms with Crippen LogP contribution in [-0.2, 0) is 0 Å². The molecule has 5 heteroatoms. The SMILES string of the molecule is Cc1cc(N)n(-c2cn[nH]c2)n1. The van der Waals surface area contributed by atoms with E-state index in [2.05, 4.69) is 15.3 Å². The maximum absolute atomic E-state index is 5.69. The van der Waals surface area contributed by atoms with Crippen molar-refractivity contribution >= 4 is 5.82 Å². The van der Waals surface area contributed by atoms with Crippen LogP contribution < -0.4 is 5.73 Å². The summed E-state index contributed by atoms with van der Waals surface area (Å²) in [6.45, 7) is 1.90. The van der Waals surface area contributed by atoms with Gasteiger partial charge in [-0.15, -0.1) is 0 Å². The van der Waals surface area contributed by atoms with Gasteiger partial charge in [0, 0.05) is 12.3 Å². The molecule has 0 bridgehead atoms. The summed E-state index contributed by atoms with van der Waals surface area (Å²) >= 11 is 0. The first-order chi connectivity index (χ1) is 5.77. The number of nitrogen functional groups attached to an aromatic ring is 1. The van der Waals surface area contributed by atoms with Gasteiger partial charge in [-0.3, -0.25) is 5.10 Å². The van der Waals surface area contributed by atoms with Gasteiger partial charge in [0.15, 0.2) is 0 Å². The topological polar surface area (TPSA) is 72.5 Å². The molecule has 3 N–H and O–H groups in total. The Labute approximate surface area is 69.2 Å². The van der Waals surface area contributed by atoms with Crippen LogP contribution >= 0.6 is 0 Å². The first kappa shape index (κ1) is 6.90. The number of aromatic nitrogens is 4. The standard InChI is InChI=1S/C7H9N5/c1-5-2-7(8)12(11-5)6-3-9-10-4-6/h2-4H,8H2,1H3,(H,9,10). The Morgan fingerprint density at radius 1 is 1.58 bits per heavy atom. The summed E-state index contributed by atoms with van der Waals surface area (Å²) in [4.78, 5) is 0. The maximum atomic E-state index is 5.69. The van der Waals surface area contributed by atoms with E-state index in [-0.39, 0.29) is 0 Å². The molecule has 0 saturated heterocycles. The lowest BCUT2D eigenvalue weighted by molar-refractivity contribution is 0.873. The zero-order chi connectivity index (χ0) is 8.55. The minimum absolute atomic E-state index is 0.619. The molecule has 0 unspecified atom stereocenters. The summed E-state index contributed by atoms with van der Waals surface area (Å²) in [6, 6.07) is 1.81. The van der Waals surface area contributed by atoms with E-state index >= 15 is 0 Å². The molecule has 0 amide bonds. The number of hydrogen-bond acceptors (Lipinski definition) is 3. The highest BCUT2D eigenvalue weighted by Crippen LogP contribution is 2.11. The fourth-order valence-corrected chi connectivity index (χ4v) is 1.09. The Bertz CT molecular complexity index is 372. The van der Waals surface area contributed by atoms with E-state index in [1.165, 1.54) is 0 Å². The summed E-state index contributed by atoms with van der Waals surface area (Å²) in [7, 11) is 0. The number of aryl methyl sites for hydroxylation is 1. The summed E-state index contributed by atoms with van der Waals surface area (Å²) in [5, 5.41) is 10.7. The number of rotatable bonds is 1. The zero-order valence-electron chi connectivity index (χ0n) is 6.65. The van der Waals surface area contributed by atoms with E-state index < -0.39 is 0 Å². The molecule has 0 saturated carbocycles. The molecule has 0 aliphatic carbocycles. The molecule has 0 radical (unpaired) electrons. The normalized spacial score (nSPS) is 10.4. The third kappa shape index (κ3) is 0.952. The van der Waals surface area contributed by atoms with Gasteiger partial charge in [0.1, 0.15) is 11.5 Å². The molecular weight excluding hydrogens is 154 g/mol. The highest BCUT2D eigenvalue weighted by molar-refractivity contribution is 5.40. The first-order valence-corrected chi connectivity index (χ1v) is 3.58. The van der Waals surface area contributed by atoms with Crippen molar-refractivity contribution < 1.29 is 0 Å². The molecule has 0 atom stereocenters. The number of H-pyrrole nitrogens is 1. The first-order valence-electron chi connectivity index (χ1n) is 3.58. The number of nitrogens with zero attached hydrogens (tertiary/aromatic N) is 3. The second-order valence-corrected chi connectivity index (χ2v) is 2.58. The van der Waals surface area contributed by atoms with Crippen molar-refractivity contribution in [3.63, 3.8) is 0 Å². The Morgan fingerprint density at radius 3 is 2.92 bits per heavy atom. The third-order valence-corrected chi connectivity index (χ3v) is 1.59. The molecular formula is C7H9N5. The van der Waals surface area contributed by atoms with Crippen LogP contribution in [0.25, 0.3) is 5.69 Å². The van der Waals surface area contributed by atoms with Crippen molar-refractivity contribution in [1.29, 1.82) is 0 Å². The Kier molecular flexibility index (Phi) is 1.36. The molecule has 2 rings (SSSR count). The van der Waals surface area contributed by atoms with Crippen molar-refractivity contribution in [2.24, 2.45) is 0 Å². The van der Waals surface area contributed by atoms with E-state index in [1.807, 2.05) is 13.0 Å². The van der Waals surface area contributed by atoms with Gasteiger partial charge in [0.25, 0.3) is 0 Å². The Morgan fingerprint density at radius 2 is 2.42 bits per heavy atom. The maximum Gasteiger partial charge on any atom is 0.127 e. The number of anilines is 1. The van der Waals surface area contributed by atoms with Crippen LogP contribution in [0.1, 0.15) is 5.69 Å². The van der Waals surface area contributed by atoms with Gasteiger partial charge in [-0.2, -0.15) is 10.2 Å². The molecule has 0 aromatic carbocycles. The van der Waals surface area contributed by atoms with Crippen LogP contribution in [0.3, 0.4) is 0 Å². The van der Waals surface area contributed by atoms with Gasteiger partial charge in [0.05, 0.1) is 11.9 Å². The monoisotopic (exact) mass is 163 g/mol. The van der Waals surface area contributed by atoms with Gasteiger partial charge < -0.3 is 5.73 Å². The third-order valence-electron chi connectivity index (χ3n) is 1.59. The molecule has 5 nitrogen and oxygen atoms in total. The van der Waals surface area contributed by atoms with Crippen LogP contribution in [0, 0.1) is 6.92 Å². The predicted octanol–water partition coefficient (Wildman–Crippen LogP) is 0.486. The molecule has 0 fully saturated rings. The number of hydrogen-bond donors (Lipinski definition) is 2. The number of aromatic amines is 1. The van der Waals surface area contributed by atoms with E-state index in [4.69, 9.17) is 5.73 Å². The van der Waals surface area contributed by atoms with Crippen molar-refractivity contribution in [3.05, 3.63) is 24.2 Å². The van der Waals surface area contributed by atoms with Gasteiger partial charge in [-0.05, 0) is 6.92 Å². The van der Waals surface area contributed by atoms with Crippen LogP contribution in [-0.4, -0.2) is 20.0 Å². The molecule has 2 heterocycles. The average molecular weight is 163 g/mol. The molecule has 2 aromatic heterocycles. The quantitative estimate of drug-likeness (QED) is 0.642. The van der Waals surface area contributed by atoms with Crippen molar-refractivity contribution in [2.75, 3.05) is 5.73 Å². The number of nitrogens with one attached hydrogen (secondary N) is 1. The van der Waals surface area contributed by atoms with Crippen molar-refractivity contribution in [1.82, 2.24) is 20.0 Å². The van der Waals surface area contributed by atoms with Gasteiger partial charge in [-0.1, -0.05) is 0 Å². The Hall–Kier alpha value is -1.78.